The van der Waals surface area contributed by atoms with Crippen molar-refractivity contribution >= 4 is 17.3 Å². The summed E-state index contributed by atoms with van der Waals surface area (Å²) in [6.45, 7) is 0. The first kappa shape index (κ1) is 16.3. The normalized spacial score (nSPS) is 10.8. The Kier molecular flexibility index (Phi) is 5.01. The Morgan fingerprint density at radius 3 is 2.71 bits per heavy atom. The molecule has 3 aromatic rings. The molecule has 0 aliphatic rings. The van der Waals surface area contributed by atoms with Gasteiger partial charge in [0.15, 0.2) is 5.82 Å². The van der Waals surface area contributed by atoms with E-state index in [1.54, 1.807) is 19.2 Å². The predicted molar refractivity (Wildman–Crippen MR) is 96.3 cm³/mol. The fraction of sp³-hybridized carbons (Fsp3) is 0.222. The molecule has 1 heterocycles. The van der Waals surface area contributed by atoms with Gasteiger partial charge in [-0.1, -0.05) is 41.9 Å². The van der Waals surface area contributed by atoms with Crippen LogP contribution >= 0.6 is 11.6 Å². The largest absolute Gasteiger partial charge is 0.496 e. The molecule has 5 nitrogen and oxygen atoms in total. The maximum atomic E-state index is 6.10. The Morgan fingerprint density at radius 1 is 1.17 bits per heavy atom. The lowest BCUT2D eigenvalue weighted by molar-refractivity contribution is 0.416. The van der Waals surface area contributed by atoms with Crippen molar-refractivity contribution in [1.82, 2.24) is 15.2 Å². The zero-order valence-electron chi connectivity index (χ0n) is 13.4. The highest BCUT2D eigenvalue weighted by Gasteiger charge is 2.14. The number of rotatable bonds is 6. The van der Waals surface area contributed by atoms with Crippen molar-refractivity contribution in [1.29, 1.82) is 0 Å². The molecule has 0 fully saturated rings. The van der Waals surface area contributed by atoms with Crippen molar-refractivity contribution in [2.45, 2.75) is 19.3 Å². The molecule has 24 heavy (non-hydrogen) atoms. The van der Waals surface area contributed by atoms with E-state index in [9.17, 15) is 0 Å². The highest BCUT2D eigenvalue weighted by molar-refractivity contribution is 6.33. The lowest BCUT2D eigenvalue weighted by atomic mass is 10.1. The molecular weight excluding hydrogens is 324 g/mol. The van der Waals surface area contributed by atoms with Crippen LogP contribution in [0.2, 0.25) is 5.02 Å². The van der Waals surface area contributed by atoms with Gasteiger partial charge in [-0.15, -0.1) is 0 Å². The average Bonchev–Trinajstić information content (AvgIpc) is 3.06. The van der Waals surface area contributed by atoms with E-state index in [2.05, 4.69) is 39.4 Å². The second-order valence-corrected chi connectivity index (χ2v) is 5.93. The number of hydrogen-bond acceptors (Lipinski definition) is 4. The first-order chi connectivity index (χ1) is 11.7. The van der Waals surface area contributed by atoms with Crippen LogP contribution in [0.3, 0.4) is 0 Å². The third-order valence-electron chi connectivity index (χ3n) is 3.81. The minimum atomic E-state index is 0.459. The number of H-pyrrole nitrogens is 1. The molecule has 3 N–H and O–H groups in total. The number of ether oxygens (including phenoxy) is 1. The third-order valence-corrected chi connectivity index (χ3v) is 4.14. The second-order valence-electron chi connectivity index (χ2n) is 5.52. The Morgan fingerprint density at radius 2 is 1.96 bits per heavy atom. The van der Waals surface area contributed by atoms with E-state index in [4.69, 9.17) is 22.1 Å². The Labute approximate surface area is 145 Å². The van der Waals surface area contributed by atoms with Crippen LogP contribution in [0.15, 0.2) is 42.5 Å². The van der Waals surface area contributed by atoms with Gasteiger partial charge in [-0.2, -0.15) is 5.10 Å². The van der Waals surface area contributed by atoms with E-state index in [0.29, 0.717) is 22.3 Å². The van der Waals surface area contributed by atoms with Crippen molar-refractivity contribution < 1.29 is 4.74 Å². The maximum absolute atomic E-state index is 6.10. The van der Waals surface area contributed by atoms with Crippen LogP contribution in [0, 0.1) is 0 Å². The lowest BCUT2D eigenvalue weighted by Crippen LogP contribution is -1.94. The van der Waals surface area contributed by atoms with Crippen LogP contribution < -0.4 is 10.5 Å². The molecule has 6 heteroatoms. The zero-order chi connectivity index (χ0) is 16.9. The van der Waals surface area contributed by atoms with Crippen molar-refractivity contribution in [3.63, 3.8) is 0 Å². The molecule has 2 aromatic carbocycles. The number of aryl methyl sites for hydroxylation is 2. The first-order valence-corrected chi connectivity index (χ1v) is 8.13. The summed E-state index contributed by atoms with van der Waals surface area (Å²) in [5.74, 6) is 2.01. The summed E-state index contributed by atoms with van der Waals surface area (Å²) in [5.41, 5.74) is 8.32. The molecule has 124 valence electrons. The Balaban J connectivity index is 1.70. The van der Waals surface area contributed by atoms with Crippen molar-refractivity contribution in [2.24, 2.45) is 0 Å². The molecule has 0 bridgehead atoms. The van der Waals surface area contributed by atoms with Gasteiger partial charge in [-0.3, -0.25) is 5.10 Å². The number of halogens is 1. The van der Waals surface area contributed by atoms with Gasteiger partial charge >= 0.3 is 0 Å². The maximum Gasteiger partial charge on any atom is 0.184 e. The van der Waals surface area contributed by atoms with E-state index in [1.165, 1.54) is 5.56 Å². The molecule has 0 atom stereocenters. The first-order valence-electron chi connectivity index (χ1n) is 7.76. The number of aromatic nitrogens is 3. The lowest BCUT2D eigenvalue weighted by Gasteiger charge is -2.07. The summed E-state index contributed by atoms with van der Waals surface area (Å²) < 4.78 is 5.35. The molecule has 0 spiro atoms. The molecule has 0 saturated heterocycles. The number of benzene rings is 2. The van der Waals surface area contributed by atoms with Gasteiger partial charge in [0.25, 0.3) is 0 Å². The van der Waals surface area contributed by atoms with E-state index in [-0.39, 0.29) is 0 Å². The number of nitrogens with one attached hydrogen (secondary N) is 1. The number of nitrogen functional groups attached to an aromatic ring is 1. The highest BCUT2D eigenvalue weighted by atomic mass is 35.5. The smallest absolute Gasteiger partial charge is 0.184 e. The molecule has 0 radical (unpaired) electrons. The average molecular weight is 343 g/mol. The summed E-state index contributed by atoms with van der Waals surface area (Å²) in [6.07, 6.45) is 2.83. The van der Waals surface area contributed by atoms with Gasteiger partial charge in [0.05, 0.1) is 23.4 Å². The molecule has 0 aliphatic carbocycles. The number of nitrogens with zero attached hydrogens (tertiary/aromatic N) is 2. The molecule has 0 aliphatic heterocycles. The second kappa shape index (κ2) is 7.36. The van der Waals surface area contributed by atoms with Gasteiger partial charge in [0, 0.05) is 12.5 Å². The zero-order valence-corrected chi connectivity index (χ0v) is 14.2. The molecule has 0 unspecified atom stereocenters. The minimum absolute atomic E-state index is 0.459. The minimum Gasteiger partial charge on any atom is -0.496 e. The number of anilines is 1. The van der Waals surface area contributed by atoms with Gasteiger partial charge in [-0.25, -0.2) is 4.98 Å². The standard InChI is InChI=1S/C18H19ClN4O/c1-24-16-11-15(20)14(19)10-13(16)18-21-17(22-23-18)9-5-8-12-6-3-2-4-7-12/h2-4,6-7,10-11H,5,8-9,20H2,1H3,(H,21,22,23). The van der Waals surface area contributed by atoms with Gasteiger partial charge in [0.2, 0.25) is 0 Å². The fourth-order valence-corrected chi connectivity index (χ4v) is 2.71. The van der Waals surface area contributed by atoms with Gasteiger partial charge in [-0.05, 0) is 24.5 Å². The Bertz CT molecular complexity index is 817. The summed E-state index contributed by atoms with van der Waals surface area (Å²) in [4.78, 5) is 4.54. The van der Waals surface area contributed by atoms with Crippen LogP contribution in [-0.4, -0.2) is 22.3 Å². The van der Waals surface area contributed by atoms with Crippen molar-refractivity contribution in [3.05, 3.63) is 58.9 Å². The third kappa shape index (κ3) is 3.68. The van der Waals surface area contributed by atoms with Crippen LogP contribution in [0.5, 0.6) is 5.75 Å². The number of hydrogen-bond donors (Lipinski definition) is 2. The van der Waals surface area contributed by atoms with E-state index >= 15 is 0 Å². The molecule has 0 saturated carbocycles. The molecular formula is C18H19ClN4O. The molecule has 0 amide bonds. The summed E-state index contributed by atoms with van der Waals surface area (Å²) in [6, 6.07) is 13.8. The van der Waals surface area contributed by atoms with Crippen LogP contribution in [0.1, 0.15) is 17.8 Å². The number of nitrogens with two attached hydrogens (primary N) is 1. The van der Waals surface area contributed by atoms with Crippen molar-refractivity contribution in [3.8, 4) is 17.1 Å². The Hall–Kier alpha value is -2.53. The SMILES string of the molecule is COc1cc(N)c(Cl)cc1-c1n[nH]c(CCCc2ccccc2)n1. The summed E-state index contributed by atoms with van der Waals surface area (Å²) in [7, 11) is 1.58. The monoisotopic (exact) mass is 342 g/mol. The summed E-state index contributed by atoms with van der Waals surface area (Å²) >= 11 is 6.10. The number of methoxy groups -OCH3 is 1. The fourth-order valence-electron chi connectivity index (χ4n) is 2.54. The van der Waals surface area contributed by atoms with Gasteiger partial charge < -0.3 is 10.5 Å². The van der Waals surface area contributed by atoms with Crippen LogP contribution in [0.4, 0.5) is 5.69 Å². The van der Waals surface area contributed by atoms with Crippen LogP contribution in [0.25, 0.3) is 11.4 Å². The van der Waals surface area contributed by atoms with E-state index in [0.717, 1.165) is 30.7 Å². The molecule has 1 aromatic heterocycles. The van der Waals surface area contributed by atoms with Crippen molar-refractivity contribution in [2.75, 3.05) is 12.8 Å². The molecule has 3 rings (SSSR count). The topological polar surface area (TPSA) is 76.8 Å². The number of aromatic amines is 1. The van der Waals surface area contributed by atoms with Crippen LogP contribution in [-0.2, 0) is 12.8 Å². The highest BCUT2D eigenvalue weighted by Crippen LogP contribution is 2.34. The van der Waals surface area contributed by atoms with E-state index < -0.39 is 0 Å². The summed E-state index contributed by atoms with van der Waals surface area (Å²) in [5, 5.41) is 7.72. The van der Waals surface area contributed by atoms with E-state index in [1.807, 2.05) is 6.07 Å². The predicted octanol–water partition coefficient (Wildman–Crippen LogP) is 3.89. The van der Waals surface area contributed by atoms with Gasteiger partial charge in [0.1, 0.15) is 11.6 Å². The quantitative estimate of drug-likeness (QED) is 0.666.